The van der Waals surface area contributed by atoms with E-state index >= 15 is 0 Å². The van der Waals surface area contributed by atoms with E-state index in [9.17, 15) is 20.1 Å². The van der Waals surface area contributed by atoms with E-state index in [2.05, 4.69) is 26.0 Å². The Labute approximate surface area is 230 Å². The zero-order chi connectivity index (χ0) is 29.1. The van der Waals surface area contributed by atoms with Crippen LogP contribution in [0.25, 0.3) is 0 Å². The van der Waals surface area contributed by atoms with Crippen molar-refractivity contribution in [2.45, 2.75) is 97.2 Å². The van der Waals surface area contributed by atoms with Gasteiger partial charge in [0.1, 0.15) is 6.10 Å². The summed E-state index contributed by atoms with van der Waals surface area (Å²) >= 11 is 0. The second kappa shape index (κ2) is 9.93. The van der Waals surface area contributed by atoms with Gasteiger partial charge in [-0.15, -0.1) is 0 Å². The molecule has 10 atom stereocenters. The van der Waals surface area contributed by atoms with Crippen molar-refractivity contribution in [2.24, 2.45) is 28.1 Å². The number of carbonyl (C=O) groups excluding carboxylic acids is 3. The van der Waals surface area contributed by atoms with Gasteiger partial charge in [-0.05, 0) is 36.3 Å². The first kappa shape index (κ1) is 29.6. The number of hydrogen-bond acceptors (Lipinski definition) is 8. The van der Waals surface area contributed by atoms with Crippen molar-refractivity contribution >= 4 is 12.1 Å². The molecule has 8 nitrogen and oxygen atoms in total. The molecule has 3 N–H and O–H groups in total. The summed E-state index contributed by atoms with van der Waals surface area (Å²) in [6.45, 7) is 14.1. The fraction of sp³-hybridized carbons (Fsp3) is 0.677. The number of carbonyl (C=O) groups is 1. The molecule has 2 bridgehead atoms. The van der Waals surface area contributed by atoms with Crippen molar-refractivity contribution in [3.05, 3.63) is 47.0 Å². The van der Waals surface area contributed by atoms with Crippen LogP contribution < -0.4 is 0 Å². The molecular formula is C31H42O8. The second-order valence-corrected chi connectivity index (χ2v) is 13.1. The number of allylic oxidation sites excluding steroid dienone is 1. The number of benzene rings is 1. The van der Waals surface area contributed by atoms with Gasteiger partial charge in [-0.2, -0.15) is 9.59 Å². The number of aliphatic hydroxyl groups excluding tert-OH is 2. The number of rotatable bonds is 2. The predicted octanol–water partition coefficient (Wildman–Crippen LogP) is 3.40. The minimum atomic E-state index is -1.23. The summed E-state index contributed by atoms with van der Waals surface area (Å²) in [6.07, 6.45) is -2.02. The zero-order valence-electron chi connectivity index (χ0n) is 23.9. The molecule has 3 aliphatic carbocycles. The number of fused-ring (bicyclic) bond motifs is 5. The first-order valence-corrected chi connectivity index (χ1v) is 13.8. The van der Waals surface area contributed by atoms with E-state index in [4.69, 9.17) is 19.1 Å². The number of esters is 1. The molecule has 1 aliphatic heterocycles. The van der Waals surface area contributed by atoms with Gasteiger partial charge in [-0.25, -0.2) is 0 Å². The predicted molar refractivity (Wildman–Crippen MR) is 141 cm³/mol. The highest BCUT2D eigenvalue weighted by Gasteiger charge is 2.73. The molecule has 0 radical (unpaired) electrons. The standard InChI is InChI=1S/C30H42O6.CO2/c1-16-14-30(34)23(19-11-9-8-10-12-19)25-28(6)15-35-21(28)13-20(32)29(25,7)26(33)24(36-18(3)31)22(17(16)2)27(30,4)5;2-1-3/h8-12,16,20-21,23-26,32-34H,13-15H2,1-7H3;/t16-,20-,21+,23-,24+,25?,26-,28+,29+,30+;/m0./s1. The molecule has 39 heavy (non-hydrogen) atoms. The summed E-state index contributed by atoms with van der Waals surface area (Å²) in [7, 11) is 0. The molecule has 1 aromatic rings. The average molecular weight is 543 g/mol. The molecule has 5 rings (SSSR count). The quantitative estimate of drug-likeness (QED) is 0.383. The van der Waals surface area contributed by atoms with Crippen LogP contribution in [0, 0.1) is 28.1 Å². The Hall–Kier alpha value is -2.35. The van der Waals surface area contributed by atoms with Gasteiger partial charge in [-0.3, -0.25) is 4.79 Å². The van der Waals surface area contributed by atoms with Crippen LogP contribution in [0.5, 0.6) is 0 Å². The molecule has 2 saturated carbocycles. The van der Waals surface area contributed by atoms with Gasteiger partial charge in [0, 0.05) is 35.5 Å². The van der Waals surface area contributed by atoms with Gasteiger partial charge >= 0.3 is 12.1 Å². The largest absolute Gasteiger partial charge is 0.455 e. The molecule has 0 amide bonds. The fourth-order valence-corrected chi connectivity index (χ4v) is 8.74. The van der Waals surface area contributed by atoms with Gasteiger partial charge in [0.05, 0.1) is 24.4 Å². The maximum atomic E-state index is 13.1. The molecule has 1 unspecified atom stereocenters. The van der Waals surface area contributed by atoms with Crippen LogP contribution in [0.3, 0.4) is 0 Å². The minimum Gasteiger partial charge on any atom is -0.455 e. The lowest BCUT2D eigenvalue weighted by molar-refractivity contribution is -0.319. The van der Waals surface area contributed by atoms with Crippen LogP contribution in [0.1, 0.15) is 72.8 Å². The molecule has 1 aromatic carbocycles. The van der Waals surface area contributed by atoms with Crippen molar-refractivity contribution in [1.29, 1.82) is 0 Å². The van der Waals surface area contributed by atoms with E-state index in [-0.39, 0.29) is 35.4 Å². The third kappa shape index (κ3) is 4.07. The van der Waals surface area contributed by atoms with Gasteiger partial charge in [0.2, 0.25) is 0 Å². The molecule has 0 spiro atoms. The van der Waals surface area contributed by atoms with E-state index in [1.807, 2.05) is 45.9 Å². The summed E-state index contributed by atoms with van der Waals surface area (Å²) in [5.74, 6) is -1.19. The van der Waals surface area contributed by atoms with E-state index in [1.54, 1.807) is 0 Å². The number of ether oxygens (including phenoxy) is 2. The number of aliphatic hydroxyl groups is 3. The topological polar surface area (TPSA) is 130 Å². The van der Waals surface area contributed by atoms with Gasteiger partial charge in [0.25, 0.3) is 0 Å². The molecule has 4 aliphatic rings. The molecule has 214 valence electrons. The lowest BCUT2D eigenvalue weighted by Crippen LogP contribution is -2.75. The molecule has 3 fully saturated rings. The Morgan fingerprint density at radius 1 is 1.10 bits per heavy atom. The van der Waals surface area contributed by atoms with Crippen LogP contribution in [0.15, 0.2) is 41.5 Å². The Morgan fingerprint density at radius 2 is 1.69 bits per heavy atom. The Bertz CT molecular complexity index is 1170. The highest BCUT2D eigenvalue weighted by atomic mass is 16.6. The third-order valence-corrected chi connectivity index (χ3v) is 10.9. The van der Waals surface area contributed by atoms with E-state index in [1.165, 1.54) is 6.92 Å². The third-order valence-electron chi connectivity index (χ3n) is 10.9. The zero-order valence-corrected chi connectivity index (χ0v) is 23.9. The fourth-order valence-electron chi connectivity index (χ4n) is 8.74. The van der Waals surface area contributed by atoms with E-state index in [0.29, 0.717) is 19.4 Å². The van der Waals surface area contributed by atoms with Gasteiger partial charge in [-0.1, -0.05) is 70.5 Å². The van der Waals surface area contributed by atoms with Gasteiger partial charge in [0.15, 0.2) is 6.10 Å². The first-order chi connectivity index (χ1) is 18.1. The normalized spacial score (nSPS) is 44.1. The van der Waals surface area contributed by atoms with E-state index in [0.717, 1.165) is 16.7 Å². The number of hydrogen-bond donors (Lipinski definition) is 3. The maximum absolute atomic E-state index is 13.1. The summed E-state index contributed by atoms with van der Waals surface area (Å²) < 4.78 is 11.9. The van der Waals surface area contributed by atoms with Crippen molar-refractivity contribution in [3.63, 3.8) is 0 Å². The average Bonchev–Trinajstić information content (AvgIpc) is 2.86. The van der Waals surface area contributed by atoms with Crippen LogP contribution >= 0.6 is 0 Å². The van der Waals surface area contributed by atoms with Crippen molar-refractivity contribution in [2.75, 3.05) is 6.61 Å². The molecule has 1 heterocycles. The maximum Gasteiger partial charge on any atom is 0.373 e. The minimum absolute atomic E-state index is 0.0219. The molecule has 8 heteroatoms. The van der Waals surface area contributed by atoms with Crippen LogP contribution in [-0.2, 0) is 23.9 Å². The Kier molecular flexibility index (Phi) is 7.54. The molecule has 1 saturated heterocycles. The summed E-state index contributed by atoms with van der Waals surface area (Å²) in [6, 6.07) is 10.1. The Morgan fingerprint density at radius 3 is 2.21 bits per heavy atom. The Balaban J connectivity index is 0.00000112. The molecular weight excluding hydrogens is 500 g/mol. The highest BCUT2D eigenvalue weighted by Crippen LogP contribution is 2.70. The summed E-state index contributed by atoms with van der Waals surface area (Å²) in [5.41, 5.74) is -0.680. The lowest BCUT2D eigenvalue weighted by atomic mass is 9.39. The first-order valence-electron chi connectivity index (χ1n) is 13.8. The van der Waals surface area contributed by atoms with Crippen molar-refractivity contribution in [1.82, 2.24) is 0 Å². The monoisotopic (exact) mass is 542 g/mol. The summed E-state index contributed by atoms with van der Waals surface area (Å²) in [5, 5.41) is 37.1. The van der Waals surface area contributed by atoms with Crippen molar-refractivity contribution in [3.8, 4) is 0 Å². The lowest BCUT2D eigenvalue weighted by Gasteiger charge is -2.70. The second-order valence-electron chi connectivity index (χ2n) is 13.1. The highest BCUT2D eigenvalue weighted by molar-refractivity contribution is 5.67. The van der Waals surface area contributed by atoms with Gasteiger partial charge < -0.3 is 24.8 Å². The smallest absolute Gasteiger partial charge is 0.373 e. The SMILES string of the molecule is CC(=O)O[C@@H]1C2=C(C)[C@@H](C)C[C@@](O)([C@@H](c3ccccc3)C3[C@@](C)([C@@H](O)C[C@H]4OC[C@@]34C)[C@H]1O)C2(C)C.O=C=O. The molecule has 0 aromatic heterocycles. The van der Waals surface area contributed by atoms with Crippen LogP contribution in [0.2, 0.25) is 0 Å². The van der Waals surface area contributed by atoms with Crippen LogP contribution in [-0.4, -0.2) is 64.1 Å². The van der Waals surface area contributed by atoms with Crippen molar-refractivity contribution < 1.29 is 39.2 Å². The van der Waals surface area contributed by atoms with Crippen LogP contribution in [0.4, 0.5) is 0 Å². The summed E-state index contributed by atoms with van der Waals surface area (Å²) in [4.78, 5) is 28.7. The van der Waals surface area contributed by atoms with E-state index < -0.39 is 40.7 Å².